The summed E-state index contributed by atoms with van der Waals surface area (Å²) in [4.78, 5) is 11.8. The molecule has 1 aromatic rings. The van der Waals surface area contributed by atoms with Crippen LogP contribution in [0, 0.1) is 5.92 Å². The summed E-state index contributed by atoms with van der Waals surface area (Å²) in [6, 6.07) is 0.160. The minimum atomic E-state index is -0.159. The molecule has 0 saturated heterocycles. The van der Waals surface area contributed by atoms with Crippen LogP contribution in [-0.2, 0) is 4.79 Å². The number of anilines is 1. The molecule has 0 spiro atoms. The van der Waals surface area contributed by atoms with Gasteiger partial charge in [-0.3, -0.25) is 4.79 Å². The van der Waals surface area contributed by atoms with Crippen molar-refractivity contribution >= 4 is 34.1 Å². The molecular weight excluding hydrogens is 280 g/mol. The van der Waals surface area contributed by atoms with Gasteiger partial charge in [-0.25, -0.2) is 0 Å². The summed E-state index contributed by atoms with van der Waals surface area (Å²) in [7, 11) is 0. The highest BCUT2D eigenvalue weighted by Gasteiger charge is 2.17. The molecular formula is C12H22N4OS2. The van der Waals surface area contributed by atoms with Crippen molar-refractivity contribution in [2.24, 2.45) is 5.92 Å². The van der Waals surface area contributed by atoms with Gasteiger partial charge in [0.15, 0.2) is 4.34 Å². The summed E-state index contributed by atoms with van der Waals surface area (Å²) in [5, 5.41) is 14.9. The number of carbonyl (C=O) groups excluding carboxylic acids is 1. The van der Waals surface area contributed by atoms with Crippen LogP contribution in [0.15, 0.2) is 4.34 Å². The summed E-state index contributed by atoms with van der Waals surface area (Å²) >= 11 is 2.93. The molecule has 108 valence electrons. The first-order chi connectivity index (χ1) is 8.88. The fraction of sp³-hybridized carbons (Fsp3) is 0.750. The molecule has 19 heavy (non-hydrogen) atoms. The minimum Gasteiger partial charge on any atom is -0.360 e. The van der Waals surface area contributed by atoms with E-state index in [1.165, 1.54) is 23.1 Å². The molecule has 0 radical (unpaired) electrons. The third-order valence-electron chi connectivity index (χ3n) is 2.15. The van der Waals surface area contributed by atoms with Gasteiger partial charge in [-0.05, 0) is 26.7 Å². The molecule has 0 fully saturated rings. The molecule has 0 aromatic carbocycles. The van der Waals surface area contributed by atoms with E-state index in [-0.39, 0.29) is 17.2 Å². The zero-order valence-electron chi connectivity index (χ0n) is 12.1. The summed E-state index contributed by atoms with van der Waals surface area (Å²) in [6.07, 6.45) is 0. The molecule has 0 aliphatic rings. The van der Waals surface area contributed by atoms with Crippen LogP contribution in [0.2, 0.25) is 0 Å². The van der Waals surface area contributed by atoms with E-state index in [0.29, 0.717) is 5.92 Å². The molecule has 1 rings (SSSR count). The van der Waals surface area contributed by atoms with Crippen LogP contribution in [-0.4, -0.2) is 33.9 Å². The average Bonchev–Trinajstić information content (AvgIpc) is 2.73. The predicted octanol–water partition coefficient (Wildman–Crippen LogP) is 2.61. The first-order valence-corrected chi connectivity index (χ1v) is 8.12. The lowest BCUT2D eigenvalue weighted by Crippen LogP contribution is -2.35. The largest absolute Gasteiger partial charge is 0.360 e. The van der Waals surface area contributed by atoms with Crippen molar-refractivity contribution < 1.29 is 4.79 Å². The zero-order valence-corrected chi connectivity index (χ0v) is 13.7. The van der Waals surface area contributed by atoms with Crippen LogP contribution in [0.25, 0.3) is 0 Å². The van der Waals surface area contributed by atoms with E-state index in [1.807, 2.05) is 20.8 Å². The summed E-state index contributed by atoms with van der Waals surface area (Å²) in [5.74, 6) is 0.600. The summed E-state index contributed by atoms with van der Waals surface area (Å²) < 4.78 is 0.817. The van der Waals surface area contributed by atoms with Crippen LogP contribution < -0.4 is 10.6 Å². The molecule has 2 N–H and O–H groups in total. The summed E-state index contributed by atoms with van der Waals surface area (Å²) in [6.45, 7) is 10.9. The van der Waals surface area contributed by atoms with E-state index >= 15 is 0 Å². The quantitative estimate of drug-likeness (QED) is 0.758. The Morgan fingerprint density at radius 2 is 1.95 bits per heavy atom. The molecule has 5 nitrogen and oxygen atoms in total. The van der Waals surface area contributed by atoms with Gasteiger partial charge in [0.05, 0.1) is 5.25 Å². The number of rotatable bonds is 7. The normalized spacial score (nSPS) is 12.8. The maximum absolute atomic E-state index is 11.8. The third kappa shape index (κ3) is 6.24. The molecule has 0 bridgehead atoms. The lowest BCUT2D eigenvalue weighted by atomic mass is 10.2. The molecule has 0 aliphatic heterocycles. The van der Waals surface area contributed by atoms with Gasteiger partial charge < -0.3 is 10.6 Å². The standard InChI is InChI=1S/C12H22N4OS2/c1-7(2)6-13-11-15-16-12(19-11)18-9(5)10(17)14-8(3)4/h7-9H,6H2,1-5H3,(H,13,15)(H,14,17)/t9-/m0/s1. The Labute approximate surface area is 123 Å². The fourth-order valence-electron chi connectivity index (χ4n) is 1.23. The SMILES string of the molecule is CC(C)CNc1nnc(S[C@@H](C)C(=O)NC(C)C)s1. The van der Waals surface area contributed by atoms with E-state index in [4.69, 9.17) is 0 Å². The lowest BCUT2D eigenvalue weighted by molar-refractivity contribution is -0.120. The molecule has 0 unspecified atom stereocenters. The lowest BCUT2D eigenvalue weighted by Gasteiger charge is -2.12. The second kappa shape index (κ2) is 7.69. The van der Waals surface area contributed by atoms with Gasteiger partial charge in [0.25, 0.3) is 0 Å². The Hall–Kier alpha value is -0.820. The van der Waals surface area contributed by atoms with Crippen LogP contribution in [0.1, 0.15) is 34.6 Å². The Kier molecular flexibility index (Phi) is 6.57. The Balaban J connectivity index is 2.46. The van der Waals surface area contributed by atoms with Crippen molar-refractivity contribution in [3.05, 3.63) is 0 Å². The highest BCUT2D eigenvalue weighted by Crippen LogP contribution is 2.28. The van der Waals surface area contributed by atoms with Crippen molar-refractivity contribution in [3.8, 4) is 0 Å². The van der Waals surface area contributed by atoms with Gasteiger partial charge in [-0.15, -0.1) is 10.2 Å². The van der Waals surface area contributed by atoms with Gasteiger partial charge in [0.2, 0.25) is 11.0 Å². The zero-order chi connectivity index (χ0) is 14.4. The summed E-state index contributed by atoms with van der Waals surface area (Å²) in [5.41, 5.74) is 0. The number of hydrogen-bond donors (Lipinski definition) is 2. The van der Waals surface area contributed by atoms with E-state index in [0.717, 1.165) is 16.0 Å². The van der Waals surface area contributed by atoms with Crippen LogP contribution >= 0.6 is 23.1 Å². The number of thioether (sulfide) groups is 1. The van der Waals surface area contributed by atoms with Crippen molar-refractivity contribution in [2.75, 3.05) is 11.9 Å². The fourth-order valence-corrected chi connectivity index (χ4v) is 3.14. The molecule has 0 saturated carbocycles. The number of nitrogens with one attached hydrogen (secondary N) is 2. The van der Waals surface area contributed by atoms with E-state index in [1.54, 1.807) is 0 Å². The Bertz CT molecular complexity index is 406. The molecule has 0 aliphatic carbocycles. The number of amides is 1. The number of nitrogens with zero attached hydrogens (tertiary/aromatic N) is 2. The average molecular weight is 302 g/mol. The number of hydrogen-bond acceptors (Lipinski definition) is 6. The van der Waals surface area contributed by atoms with Crippen molar-refractivity contribution in [3.63, 3.8) is 0 Å². The highest BCUT2D eigenvalue weighted by molar-refractivity contribution is 8.02. The van der Waals surface area contributed by atoms with Crippen molar-refractivity contribution in [1.29, 1.82) is 0 Å². The molecule has 1 atom stereocenters. The first kappa shape index (κ1) is 16.2. The van der Waals surface area contributed by atoms with E-state index < -0.39 is 0 Å². The molecule has 1 amide bonds. The first-order valence-electron chi connectivity index (χ1n) is 6.43. The minimum absolute atomic E-state index is 0.0342. The maximum atomic E-state index is 11.8. The molecule has 1 aromatic heterocycles. The third-order valence-corrected chi connectivity index (χ3v) is 4.21. The van der Waals surface area contributed by atoms with Crippen molar-refractivity contribution in [2.45, 2.75) is 50.3 Å². The van der Waals surface area contributed by atoms with Gasteiger partial charge in [0.1, 0.15) is 0 Å². The van der Waals surface area contributed by atoms with Gasteiger partial charge in [-0.2, -0.15) is 0 Å². The molecule has 1 heterocycles. The Morgan fingerprint density at radius 1 is 1.26 bits per heavy atom. The van der Waals surface area contributed by atoms with Crippen LogP contribution in [0.5, 0.6) is 0 Å². The van der Waals surface area contributed by atoms with Crippen molar-refractivity contribution in [1.82, 2.24) is 15.5 Å². The molecule has 7 heteroatoms. The van der Waals surface area contributed by atoms with Gasteiger partial charge >= 0.3 is 0 Å². The highest BCUT2D eigenvalue weighted by atomic mass is 32.2. The second-order valence-corrected chi connectivity index (χ2v) is 7.64. The van der Waals surface area contributed by atoms with Gasteiger partial charge in [0, 0.05) is 12.6 Å². The van der Waals surface area contributed by atoms with E-state index in [2.05, 4.69) is 34.7 Å². The second-order valence-electron chi connectivity index (χ2n) is 5.07. The number of aromatic nitrogens is 2. The smallest absolute Gasteiger partial charge is 0.233 e. The monoisotopic (exact) mass is 302 g/mol. The number of carbonyl (C=O) groups is 1. The van der Waals surface area contributed by atoms with Gasteiger partial charge in [-0.1, -0.05) is 36.9 Å². The maximum Gasteiger partial charge on any atom is 0.233 e. The van der Waals surface area contributed by atoms with Crippen LogP contribution in [0.4, 0.5) is 5.13 Å². The predicted molar refractivity (Wildman–Crippen MR) is 81.8 cm³/mol. The van der Waals surface area contributed by atoms with E-state index in [9.17, 15) is 4.79 Å². The van der Waals surface area contributed by atoms with Crippen LogP contribution in [0.3, 0.4) is 0 Å². The topological polar surface area (TPSA) is 66.9 Å². The Morgan fingerprint density at radius 3 is 2.53 bits per heavy atom.